The number of alkyl carbamates (subject to hydrolysis) is 1. The van der Waals surface area contributed by atoms with Crippen LogP contribution in [0.15, 0.2) is 42.6 Å². The predicted octanol–water partition coefficient (Wildman–Crippen LogP) is 2.35. The number of nitrogens with zero attached hydrogens (tertiary/aromatic N) is 2. The third kappa shape index (κ3) is 4.84. The van der Waals surface area contributed by atoms with E-state index in [2.05, 4.69) is 10.4 Å². The summed E-state index contributed by atoms with van der Waals surface area (Å²) in [4.78, 5) is 23.0. The molecule has 0 spiro atoms. The number of aliphatic carboxylic acids is 1. The fourth-order valence-electron chi connectivity index (χ4n) is 2.21. The molecule has 2 N–H and O–H groups in total. The molecule has 1 aromatic heterocycles. The first-order valence-electron chi connectivity index (χ1n) is 7.31. The molecule has 0 aliphatic carbocycles. The van der Waals surface area contributed by atoms with Gasteiger partial charge in [-0.2, -0.15) is 5.10 Å². The zero-order chi connectivity index (χ0) is 16.7. The van der Waals surface area contributed by atoms with Crippen molar-refractivity contribution in [2.45, 2.75) is 32.5 Å². The van der Waals surface area contributed by atoms with Crippen molar-refractivity contribution in [3.63, 3.8) is 0 Å². The number of hydrogen-bond acceptors (Lipinski definition) is 4. The molecule has 0 aliphatic rings. The molecule has 23 heavy (non-hydrogen) atoms. The Bertz CT molecular complexity index is 654. The number of hydrogen-bond donors (Lipinski definition) is 2. The fourth-order valence-corrected chi connectivity index (χ4v) is 2.21. The summed E-state index contributed by atoms with van der Waals surface area (Å²) in [6.45, 7) is 2.60. The predicted molar refractivity (Wildman–Crippen MR) is 82.7 cm³/mol. The number of ether oxygens (including phenoxy) is 1. The lowest BCUT2D eigenvalue weighted by molar-refractivity contribution is -0.137. The van der Waals surface area contributed by atoms with Crippen LogP contribution in [0.4, 0.5) is 4.79 Å². The Balaban J connectivity index is 2.00. The number of carboxylic acids is 1. The summed E-state index contributed by atoms with van der Waals surface area (Å²) in [5.74, 6) is -1.01. The molecule has 7 nitrogen and oxygen atoms in total. The van der Waals surface area contributed by atoms with E-state index in [1.165, 1.54) is 0 Å². The molecule has 1 aromatic carbocycles. The molecule has 0 saturated heterocycles. The van der Waals surface area contributed by atoms with E-state index in [4.69, 9.17) is 9.84 Å². The first-order valence-corrected chi connectivity index (χ1v) is 7.31. The highest BCUT2D eigenvalue weighted by Gasteiger charge is 2.22. The lowest BCUT2D eigenvalue weighted by Crippen LogP contribution is -2.32. The van der Waals surface area contributed by atoms with E-state index < -0.39 is 18.1 Å². The highest BCUT2D eigenvalue weighted by Crippen LogP contribution is 2.17. The molecule has 1 heterocycles. The minimum absolute atomic E-state index is 0.125. The van der Waals surface area contributed by atoms with E-state index in [9.17, 15) is 9.59 Å². The van der Waals surface area contributed by atoms with Crippen LogP contribution >= 0.6 is 0 Å². The highest BCUT2D eigenvalue weighted by molar-refractivity contribution is 5.71. The Morgan fingerprint density at radius 1 is 1.30 bits per heavy atom. The second-order valence-electron chi connectivity index (χ2n) is 4.93. The van der Waals surface area contributed by atoms with Crippen molar-refractivity contribution < 1.29 is 19.4 Å². The van der Waals surface area contributed by atoms with Gasteiger partial charge < -0.3 is 15.2 Å². The summed E-state index contributed by atoms with van der Waals surface area (Å²) in [6, 6.07) is 10.3. The van der Waals surface area contributed by atoms with Crippen LogP contribution in [-0.2, 0) is 22.7 Å². The molecule has 0 radical (unpaired) electrons. The van der Waals surface area contributed by atoms with Crippen LogP contribution in [0.3, 0.4) is 0 Å². The minimum Gasteiger partial charge on any atom is -0.481 e. The topological polar surface area (TPSA) is 93.5 Å². The third-order valence-electron chi connectivity index (χ3n) is 3.29. The first-order chi connectivity index (χ1) is 11.1. The van der Waals surface area contributed by atoms with Gasteiger partial charge in [0.25, 0.3) is 0 Å². The van der Waals surface area contributed by atoms with Gasteiger partial charge in [-0.1, -0.05) is 30.3 Å². The van der Waals surface area contributed by atoms with Gasteiger partial charge in [-0.25, -0.2) is 4.79 Å². The van der Waals surface area contributed by atoms with Gasteiger partial charge in [-0.05, 0) is 18.6 Å². The Kier molecular flexibility index (Phi) is 5.74. The van der Waals surface area contributed by atoms with E-state index in [-0.39, 0.29) is 13.0 Å². The van der Waals surface area contributed by atoms with E-state index in [1.54, 1.807) is 16.9 Å². The molecule has 7 heteroatoms. The summed E-state index contributed by atoms with van der Waals surface area (Å²) in [5.41, 5.74) is 1.49. The number of benzene rings is 1. The third-order valence-corrected chi connectivity index (χ3v) is 3.29. The Hall–Kier alpha value is -2.83. The largest absolute Gasteiger partial charge is 0.481 e. The van der Waals surface area contributed by atoms with Gasteiger partial charge >= 0.3 is 12.1 Å². The van der Waals surface area contributed by atoms with Crippen molar-refractivity contribution in [1.82, 2.24) is 15.1 Å². The molecule has 0 aliphatic heterocycles. The number of aromatic nitrogens is 2. The number of carbonyl (C=O) groups is 2. The van der Waals surface area contributed by atoms with E-state index in [1.807, 2.05) is 37.3 Å². The van der Waals surface area contributed by atoms with Crippen molar-refractivity contribution in [1.29, 1.82) is 0 Å². The zero-order valence-electron chi connectivity index (χ0n) is 12.8. The summed E-state index contributed by atoms with van der Waals surface area (Å²) in [7, 11) is 0. The summed E-state index contributed by atoms with van der Waals surface area (Å²) in [5, 5.41) is 15.7. The number of amides is 1. The van der Waals surface area contributed by atoms with E-state index in [0.29, 0.717) is 12.2 Å². The van der Waals surface area contributed by atoms with Crippen molar-refractivity contribution in [3.8, 4) is 0 Å². The molecule has 1 amide bonds. The average Bonchev–Trinajstić information content (AvgIpc) is 3.01. The van der Waals surface area contributed by atoms with Gasteiger partial charge in [0, 0.05) is 12.7 Å². The maximum Gasteiger partial charge on any atom is 0.408 e. The van der Waals surface area contributed by atoms with Crippen molar-refractivity contribution in [2.24, 2.45) is 0 Å². The maximum absolute atomic E-state index is 11.9. The second-order valence-corrected chi connectivity index (χ2v) is 4.93. The van der Waals surface area contributed by atoms with Gasteiger partial charge in [-0.3, -0.25) is 9.48 Å². The molecule has 122 valence electrons. The number of carbonyl (C=O) groups excluding carboxylic acids is 1. The number of carboxylic acid groups (broad SMARTS) is 1. The monoisotopic (exact) mass is 317 g/mol. The Labute approximate surface area is 133 Å². The quantitative estimate of drug-likeness (QED) is 0.817. The number of rotatable bonds is 7. The SMILES string of the molecule is CCn1nccc1[C@H](CC(=O)O)NC(=O)OCc1ccccc1. The van der Waals surface area contributed by atoms with Crippen LogP contribution in [0.25, 0.3) is 0 Å². The van der Waals surface area contributed by atoms with Gasteiger partial charge in [0.1, 0.15) is 6.61 Å². The van der Waals surface area contributed by atoms with Crippen LogP contribution in [-0.4, -0.2) is 26.9 Å². The van der Waals surface area contributed by atoms with Crippen LogP contribution in [0.5, 0.6) is 0 Å². The minimum atomic E-state index is -1.01. The molecular weight excluding hydrogens is 298 g/mol. The van der Waals surface area contributed by atoms with Gasteiger partial charge in [0.05, 0.1) is 18.2 Å². The number of nitrogens with one attached hydrogen (secondary N) is 1. The maximum atomic E-state index is 11.9. The molecule has 0 unspecified atom stereocenters. The normalized spacial score (nSPS) is 11.7. The van der Waals surface area contributed by atoms with Crippen LogP contribution < -0.4 is 5.32 Å². The van der Waals surface area contributed by atoms with Crippen molar-refractivity contribution in [3.05, 3.63) is 53.9 Å². The van der Waals surface area contributed by atoms with Crippen LogP contribution in [0.2, 0.25) is 0 Å². The Morgan fingerprint density at radius 2 is 2.04 bits per heavy atom. The lowest BCUT2D eigenvalue weighted by Gasteiger charge is -2.18. The number of aryl methyl sites for hydroxylation is 1. The molecule has 0 saturated carbocycles. The Morgan fingerprint density at radius 3 is 2.70 bits per heavy atom. The second kappa shape index (κ2) is 7.98. The van der Waals surface area contributed by atoms with Crippen molar-refractivity contribution >= 4 is 12.1 Å². The molecule has 0 bridgehead atoms. The lowest BCUT2D eigenvalue weighted by atomic mass is 10.1. The standard InChI is InChI=1S/C16H19N3O4/c1-2-19-14(8-9-17-19)13(10-15(20)21)18-16(22)23-11-12-6-4-3-5-7-12/h3-9,13H,2,10-11H2,1H3,(H,18,22)(H,20,21)/t13-/m0/s1. The molecule has 1 atom stereocenters. The molecule has 2 aromatic rings. The summed E-state index contributed by atoms with van der Waals surface area (Å²) >= 11 is 0. The molecule has 2 rings (SSSR count). The molecular formula is C16H19N3O4. The average molecular weight is 317 g/mol. The van der Waals surface area contributed by atoms with Gasteiger partial charge in [0.15, 0.2) is 0 Å². The first kappa shape index (κ1) is 16.5. The van der Waals surface area contributed by atoms with E-state index in [0.717, 1.165) is 5.56 Å². The fraction of sp³-hybridized carbons (Fsp3) is 0.312. The van der Waals surface area contributed by atoms with Crippen molar-refractivity contribution in [2.75, 3.05) is 0 Å². The smallest absolute Gasteiger partial charge is 0.408 e. The van der Waals surface area contributed by atoms with Gasteiger partial charge in [0.2, 0.25) is 0 Å². The molecule has 0 fully saturated rings. The zero-order valence-corrected chi connectivity index (χ0v) is 12.8. The summed E-state index contributed by atoms with van der Waals surface area (Å²) < 4.78 is 6.78. The van der Waals surface area contributed by atoms with Gasteiger partial charge in [-0.15, -0.1) is 0 Å². The van der Waals surface area contributed by atoms with E-state index >= 15 is 0 Å². The summed E-state index contributed by atoms with van der Waals surface area (Å²) in [6.07, 6.45) is 0.667. The van der Waals surface area contributed by atoms with Crippen LogP contribution in [0, 0.1) is 0 Å². The highest BCUT2D eigenvalue weighted by atomic mass is 16.5. The van der Waals surface area contributed by atoms with Crippen LogP contribution in [0.1, 0.15) is 30.6 Å².